The first-order chi connectivity index (χ1) is 6.61. The van der Waals surface area contributed by atoms with Crippen LogP contribution in [0.4, 0.5) is 0 Å². The van der Waals surface area contributed by atoms with Crippen molar-refractivity contribution < 1.29 is 14.9 Å². The van der Waals surface area contributed by atoms with Crippen molar-refractivity contribution >= 4 is 0 Å². The molecule has 3 nitrogen and oxygen atoms in total. The highest BCUT2D eigenvalue weighted by atomic mass is 16.6. The molecule has 0 aromatic heterocycles. The minimum atomic E-state index is -1.04. The zero-order valence-corrected chi connectivity index (χ0v) is 9.57. The summed E-state index contributed by atoms with van der Waals surface area (Å²) in [5.41, 5.74) is 0. The molecule has 2 N–H and O–H groups in total. The molecule has 0 aliphatic carbocycles. The number of aliphatic hydroxyl groups excluding tert-OH is 2. The molecule has 0 amide bonds. The van der Waals surface area contributed by atoms with Crippen molar-refractivity contribution in [2.24, 2.45) is 0 Å². The first-order valence-corrected chi connectivity index (χ1v) is 5.63. The molecule has 3 atom stereocenters. The fraction of sp³-hybridized carbons (Fsp3) is 1.00. The summed E-state index contributed by atoms with van der Waals surface area (Å²) in [5.74, 6) is 0. The number of aliphatic hydroxyl groups is 2. The lowest BCUT2D eigenvalue weighted by molar-refractivity contribution is -0.184. The fourth-order valence-corrected chi connectivity index (χ4v) is 1.30. The van der Waals surface area contributed by atoms with Gasteiger partial charge >= 0.3 is 0 Å². The van der Waals surface area contributed by atoms with Crippen LogP contribution in [0.5, 0.6) is 0 Å². The van der Waals surface area contributed by atoms with Crippen molar-refractivity contribution in [1.82, 2.24) is 0 Å². The summed E-state index contributed by atoms with van der Waals surface area (Å²) in [6.45, 7) is 5.72. The molecule has 0 aliphatic rings. The highest BCUT2D eigenvalue weighted by molar-refractivity contribution is 4.59. The molecule has 0 rings (SSSR count). The van der Waals surface area contributed by atoms with Crippen molar-refractivity contribution in [2.45, 2.75) is 71.4 Å². The third-order valence-electron chi connectivity index (χ3n) is 2.33. The van der Waals surface area contributed by atoms with Crippen molar-refractivity contribution in [3.63, 3.8) is 0 Å². The Hall–Kier alpha value is -0.120. The molecule has 0 aromatic carbocycles. The lowest BCUT2D eigenvalue weighted by Crippen LogP contribution is -2.30. The molecular weight excluding hydrogens is 180 g/mol. The molecular formula is C11H24O3. The predicted octanol–water partition coefficient (Wildman–Crippen LogP) is 2.06. The summed E-state index contributed by atoms with van der Waals surface area (Å²) in [5, 5.41) is 18.4. The third kappa shape index (κ3) is 6.35. The second kappa shape index (κ2) is 8.21. The molecule has 86 valence electrons. The van der Waals surface area contributed by atoms with Gasteiger partial charge in [0.05, 0.1) is 6.10 Å². The average molecular weight is 204 g/mol. The SMILES string of the molecule is CCCCCC(CC)OC(O)C(C)O. The molecule has 0 spiro atoms. The summed E-state index contributed by atoms with van der Waals surface area (Å²) in [6, 6.07) is 0. The van der Waals surface area contributed by atoms with Crippen molar-refractivity contribution in [2.75, 3.05) is 0 Å². The van der Waals surface area contributed by atoms with E-state index in [2.05, 4.69) is 6.92 Å². The number of hydrogen-bond acceptors (Lipinski definition) is 3. The third-order valence-corrected chi connectivity index (χ3v) is 2.33. The topological polar surface area (TPSA) is 49.7 Å². The van der Waals surface area contributed by atoms with Crippen LogP contribution in [0.25, 0.3) is 0 Å². The van der Waals surface area contributed by atoms with E-state index in [9.17, 15) is 5.11 Å². The zero-order valence-electron chi connectivity index (χ0n) is 9.57. The first-order valence-electron chi connectivity index (χ1n) is 5.63. The number of ether oxygens (including phenoxy) is 1. The van der Waals surface area contributed by atoms with Gasteiger partial charge in [-0.2, -0.15) is 0 Å². The maximum atomic E-state index is 9.31. The van der Waals surface area contributed by atoms with Gasteiger partial charge in [0.1, 0.15) is 6.10 Å². The van der Waals surface area contributed by atoms with E-state index in [1.54, 1.807) is 0 Å². The van der Waals surface area contributed by atoms with Crippen LogP contribution in [0.1, 0.15) is 52.9 Å². The van der Waals surface area contributed by atoms with Gasteiger partial charge < -0.3 is 14.9 Å². The highest BCUT2D eigenvalue weighted by Gasteiger charge is 2.16. The van der Waals surface area contributed by atoms with E-state index >= 15 is 0 Å². The fourth-order valence-electron chi connectivity index (χ4n) is 1.30. The van der Waals surface area contributed by atoms with Gasteiger partial charge in [-0.3, -0.25) is 0 Å². The Bertz CT molecular complexity index is 126. The van der Waals surface area contributed by atoms with Gasteiger partial charge in [0.15, 0.2) is 6.29 Å². The summed E-state index contributed by atoms with van der Waals surface area (Å²) in [7, 11) is 0. The van der Waals surface area contributed by atoms with Crippen LogP contribution in [0.15, 0.2) is 0 Å². The van der Waals surface area contributed by atoms with Gasteiger partial charge in [-0.25, -0.2) is 0 Å². The standard InChI is InChI=1S/C11H24O3/c1-4-6-7-8-10(5-2)14-11(13)9(3)12/h9-13H,4-8H2,1-3H3. The lowest BCUT2D eigenvalue weighted by atomic mass is 10.1. The summed E-state index contributed by atoms with van der Waals surface area (Å²) >= 11 is 0. The maximum Gasteiger partial charge on any atom is 0.180 e. The second-order valence-corrected chi connectivity index (χ2v) is 3.79. The molecule has 3 unspecified atom stereocenters. The van der Waals surface area contributed by atoms with Crippen LogP contribution in [-0.2, 0) is 4.74 Å². The van der Waals surface area contributed by atoms with E-state index in [0.717, 1.165) is 19.3 Å². The van der Waals surface area contributed by atoms with Crippen molar-refractivity contribution in [3.05, 3.63) is 0 Å². The van der Waals surface area contributed by atoms with Gasteiger partial charge in [0.25, 0.3) is 0 Å². The van der Waals surface area contributed by atoms with Crippen LogP contribution in [0.3, 0.4) is 0 Å². The quantitative estimate of drug-likeness (QED) is 0.470. The van der Waals surface area contributed by atoms with E-state index in [0.29, 0.717) is 0 Å². The van der Waals surface area contributed by atoms with Crippen LogP contribution < -0.4 is 0 Å². The Balaban J connectivity index is 3.67. The predicted molar refractivity (Wildman–Crippen MR) is 57.0 cm³/mol. The molecule has 0 saturated heterocycles. The lowest BCUT2D eigenvalue weighted by Gasteiger charge is -2.22. The van der Waals surface area contributed by atoms with E-state index < -0.39 is 12.4 Å². The van der Waals surface area contributed by atoms with Gasteiger partial charge in [-0.1, -0.05) is 33.1 Å². The molecule has 0 heterocycles. The Morgan fingerprint density at radius 1 is 1.14 bits per heavy atom. The van der Waals surface area contributed by atoms with Crippen LogP contribution in [0.2, 0.25) is 0 Å². The highest BCUT2D eigenvalue weighted by Crippen LogP contribution is 2.12. The molecule has 0 fully saturated rings. The second-order valence-electron chi connectivity index (χ2n) is 3.79. The molecule has 0 aliphatic heterocycles. The summed E-state index contributed by atoms with van der Waals surface area (Å²) in [6.07, 6.45) is 3.59. The number of rotatable bonds is 8. The molecule has 3 heteroatoms. The molecule has 0 saturated carbocycles. The van der Waals surface area contributed by atoms with Crippen LogP contribution in [0, 0.1) is 0 Å². The average Bonchev–Trinajstić information content (AvgIpc) is 2.16. The zero-order chi connectivity index (χ0) is 11.0. The Labute approximate surface area is 87.1 Å². The van der Waals surface area contributed by atoms with Gasteiger partial charge in [-0.05, 0) is 19.8 Å². The largest absolute Gasteiger partial charge is 0.388 e. The summed E-state index contributed by atoms with van der Waals surface area (Å²) in [4.78, 5) is 0. The minimum absolute atomic E-state index is 0.0751. The summed E-state index contributed by atoms with van der Waals surface area (Å²) < 4.78 is 5.31. The molecule has 0 radical (unpaired) electrons. The van der Waals surface area contributed by atoms with E-state index in [1.807, 2.05) is 6.92 Å². The Kier molecular flexibility index (Phi) is 8.14. The van der Waals surface area contributed by atoms with Gasteiger partial charge in [-0.15, -0.1) is 0 Å². The molecule has 0 aromatic rings. The normalized spacial score (nSPS) is 17.8. The Morgan fingerprint density at radius 2 is 1.79 bits per heavy atom. The number of hydrogen-bond donors (Lipinski definition) is 2. The van der Waals surface area contributed by atoms with Crippen molar-refractivity contribution in [3.8, 4) is 0 Å². The smallest absolute Gasteiger partial charge is 0.180 e. The number of unbranched alkanes of at least 4 members (excludes halogenated alkanes) is 2. The maximum absolute atomic E-state index is 9.31. The molecule has 14 heavy (non-hydrogen) atoms. The van der Waals surface area contributed by atoms with E-state index in [-0.39, 0.29) is 6.10 Å². The van der Waals surface area contributed by atoms with Gasteiger partial charge in [0.2, 0.25) is 0 Å². The monoisotopic (exact) mass is 204 g/mol. The Morgan fingerprint density at radius 3 is 2.21 bits per heavy atom. The first kappa shape index (κ1) is 13.9. The molecule has 0 bridgehead atoms. The van der Waals surface area contributed by atoms with Gasteiger partial charge in [0, 0.05) is 0 Å². The van der Waals surface area contributed by atoms with Crippen molar-refractivity contribution in [1.29, 1.82) is 0 Å². The van der Waals surface area contributed by atoms with Crippen LogP contribution in [-0.4, -0.2) is 28.7 Å². The minimum Gasteiger partial charge on any atom is -0.388 e. The van der Waals surface area contributed by atoms with Crippen LogP contribution >= 0.6 is 0 Å². The van der Waals surface area contributed by atoms with E-state index in [1.165, 1.54) is 19.8 Å². The van der Waals surface area contributed by atoms with E-state index in [4.69, 9.17) is 9.84 Å².